The van der Waals surface area contributed by atoms with Gasteiger partial charge in [0.05, 0.1) is 10.6 Å². The average Bonchev–Trinajstić information content (AvgIpc) is 2.65. The molecule has 0 saturated heterocycles. The largest absolute Gasteiger partial charge is 0.484 e. The number of sulfonamides is 1. The van der Waals surface area contributed by atoms with Gasteiger partial charge in [-0.3, -0.25) is 9.10 Å². The third kappa shape index (κ3) is 5.23. The first-order valence-electron chi connectivity index (χ1n) is 8.34. The van der Waals surface area contributed by atoms with E-state index in [4.69, 9.17) is 4.74 Å². The lowest BCUT2D eigenvalue weighted by Crippen LogP contribution is -2.31. The molecule has 0 spiro atoms. The predicted molar refractivity (Wildman–Crippen MR) is 102 cm³/mol. The monoisotopic (exact) mass is 376 g/mol. The molecule has 0 radical (unpaired) electrons. The number of rotatable bonds is 8. The molecule has 1 amide bonds. The van der Waals surface area contributed by atoms with Crippen LogP contribution in [-0.4, -0.2) is 34.5 Å². The number of anilines is 1. The molecule has 0 bridgehead atoms. The number of carbonyl (C=O) groups excluding carboxylic acids is 1. The number of ether oxygens (including phenoxy) is 1. The van der Waals surface area contributed by atoms with Gasteiger partial charge in [0, 0.05) is 13.6 Å². The van der Waals surface area contributed by atoms with E-state index in [-0.39, 0.29) is 17.4 Å². The Labute approximate surface area is 154 Å². The van der Waals surface area contributed by atoms with Crippen LogP contribution in [0.25, 0.3) is 0 Å². The lowest BCUT2D eigenvalue weighted by atomic mass is 10.2. The van der Waals surface area contributed by atoms with Crippen molar-refractivity contribution < 1.29 is 17.9 Å². The van der Waals surface area contributed by atoms with E-state index in [1.807, 2.05) is 13.8 Å². The van der Waals surface area contributed by atoms with Gasteiger partial charge in [-0.05, 0) is 42.3 Å². The third-order valence-corrected chi connectivity index (χ3v) is 5.48. The van der Waals surface area contributed by atoms with Crippen LogP contribution in [0.2, 0.25) is 0 Å². The van der Waals surface area contributed by atoms with Gasteiger partial charge in [-0.1, -0.05) is 32.0 Å². The summed E-state index contributed by atoms with van der Waals surface area (Å²) in [5.41, 5.74) is 0.505. The Morgan fingerprint density at radius 1 is 1.08 bits per heavy atom. The predicted octanol–water partition coefficient (Wildman–Crippen LogP) is 2.66. The molecule has 0 heterocycles. The fourth-order valence-corrected chi connectivity index (χ4v) is 3.38. The van der Waals surface area contributed by atoms with Gasteiger partial charge in [0.15, 0.2) is 6.61 Å². The maximum atomic E-state index is 12.6. The molecule has 0 atom stereocenters. The number of nitrogens with zero attached hydrogens (tertiary/aromatic N) is 1. The number of hydrogen-bond donors (Lipinski definition) is 1. The average molecular weight is 376 g/mol. The summed E-state index contributed by atoms with van der Waals surface area (Å²) in [6.45, 7) is 4.55. The Hall–Kier alpha value is -2.54. The zero-order valence-corrected chi connectivity index (χ0v) is 16.0. The zero-order chi connectivity index (χ0) is 19.2. The molecular weight excluding hydrogens is 352 g/mol. The Kier molecular flexibility index (Phi) is 6.63. The molecule has 2 aromatic carbocycles. The van der Waals surface area contributed by atoms with Crippen molar-refractivity contribution in [1.29, 1.82) is 0 Å². The van der Waals surface area contributed by atoms with Crippen LogP contribution < -0.4 is 14.4 Å². The number of nitrogens with one attached hydrogen (secondary N) is 1. The molecule has 2 rings (SSSR count). The van der Waals surface area contributed by atoms with Gasteiger partial charge >= 0.3 is 0 Å². The highest BCUT2D eigenvalue weighted by molar-refractivity contribution is 7.92. The van der Waals surface area contributed by atoms with E-state index in [0.717, 1.165) is 0 Å². The highest BCUT2D eigenvalue weighted by atomic mass is 32.2. The Morgan fingerprint density at radius 2 is 1.69 bits per heavy atom. The molecule has 0 aromatic heterocycles. The van der Waals surface area contributed by atoms with Crippen molar-refractivity contribution in [1.82, 2.24) is 5.32 Å². The Balaban J connectivity index is 1.99. The molecule has 6 nitrogen and oxygen atoms in total. The van der Waals surface area contributed by atoms with Crippen LogP contribution in [0.1, 0.15) is 13.8 Å². The number of carbonyl (C=O) groups is 1. The fourth-order valence-electron chi connectivity index (χ4n) is 2.16. The van der Waals surface area contributed by atoms with E-state index in [1.165, 1.54) is 11.4 Å². The highest BCUT2D eigenvalue weighted by Gasteiger charge is 2.20. The van der Waals surface area contributed by atoms with Gasteiger partial charge in [-0.25, -0.2) is 8.42 Å². The van der Waals surface area contributed by atoms with Gasteiger partial charge < -0.3 is 10.1 Å². The molecule has 2 aromatic rings. The minimum atomic E-state index is -3.62. The van der Waals surface area contributed by atoms with Crippen molar-refractivity contribution in [2.75, 3.05) is 24.5 Å². The minimum Gasteiger partial charge on any atom is -0.484 e. The van der Waals surface area contributed by atoms with E-state index in [9.17, 15) is 13.2 Å². The Morgan fingerprint density at radius 3 is 2.27 bits per heavy atom. The molecule has 0 saturated carbocycles. The van der Waals surface area contributed by atoms with Crippen molar-refractivity contribution in [3.63, 3.8) is 0 Å². The van der Waals surface area contributed by atoms with Crippen LogP contribution in [0.3, 0.4) is 0 Å². The number of benzene rings is 2. The van der Waals surface area contributed by atoms with Gasteiger partial charge in [-0.15, -0.1) is 0 Å². The lowest BCUT2D eigenvalue weighted by molar-refractivity contribution is -0.123. The number of hydrogen-bond acceptors (Lipinski definition) is 4. The molecule has 140 valence electrons. The van der Waals surface area contributed by atoms with E-state index < -0.39 is 10.0 Å². The molecule has 0 fully saturated rings. The second-order valence-electron chi connectivity index (χ2n) is 6.27. The minimum absolute atomic E-state index is 0.0791. The fraction of sp³-hybridized carbons (Fsp3) is 0.316. The Bertz CT molecular complexity index is 818. The molecule has 0 aliphatic heterocycles. The summed E-state index contributed by atoms with van der Waals surface area (Å²) in [5.74, 6) is 0.686. The quantitative estimate of drug-likeness (QED) is 0.768. The molecule has 0 aliphatic carbocycles. The standard InChI is InChI=1S/C19H24N2O4S/c1-15(2)13-20-19(22)14-25-17-11-9-16(10-12-17)21(3)26(23,24)18-7-5-4-6-8-18/h4-12,15H,13-14H2,1-3H3,(H,20,22). The van der Waals surface area contributed by atoms with Crippen molar-refractivity contribution in [3.05, 3.63) is 54.6 Å². The van der Waals surface area contributed by atoms with E-state index >= 15 is 0 Å². The van der Waals surface area contributed by atoms with E-state index in [2.05, 4.69) is 5.32 Å². The molecule has 0 aliphatic rings. The van der Waals surface area contributed by atoms with E-state index in [0.29, 0.717) is 23.9 Å². The highest BCUT2D eigenvalue weighted by Crippen LogP contribution is 2.24. The second kappa shape index (κ2) is 8.71. The van der Waals surface area contributed by atoms with Crippen LogP contribution in [0.15, 0.2) is 59.5 Å². The van der Waals surface area contributed by atoms with Gasteiger partial charge in [0.25, 0.3) is 15.9 Å². The summed E-state index contributed by atoms with van der Waals surface area (Å²) in [4.78, 5) is 11.9. The van der Waals surface area contributed by atoms with Crippen LogP contribution in [0.5, 0.6) is 5.75 Å². The maximum Gasteiger partial charge on any atom is 0.264 e. The first-order chi connectivity index (χ1) is 12.3. The first kappa shape index (κ1) is 19.8. The van der Waals surface area contributed by atoms with Crippen molar-refractivity contribution >= 4 is 21.6 Å². The summed E-state index contributed by atoms with van der Waals surface area (Å²) in [6.07, 6.45) is 0. The molecular formula is C19H24N2O4S. The van der Waals surface area contributed by atoms with Gasteiger partial charge in [0.1, 0.15) is 5.75 Å². The van der Waals surface area contributed by atoms with Crippen molar-refractivity contribution in [2.24, 2.45) is 5.92 Å². The SMILES string of the molecule is CC(C)CNC(=O)COc1ccc(N(C)S(=O)(=O)c2ccccc2)cc1. The van der Waals surface area contributed by atoms with Crippen LogP contribution in [0, 0.1) is 5.92 Å². The second-order valence-corrected chi connectivity index (χ2v) is 8.24. The van der Waals surface area contributed by atoms with E-state index in [1.54, 1.807) is 54.6 Å². The molecule has 1 N–H and O–H groups in total. The molecule has 26 heavy (non-hydrogen) atoms. The molecule has 7 heteroatoms. The molecule has 0 unspecified atom stereocenters. The topological polar surface area (TPSA) is 75.7 Å². The van der Waals surface area contributed by atoms with Crippen LogP contribution in [0.4, 0.5) is 5.69 Å². The van der Waals surface area contributed by atoms with Crippen molar-refractivity contribution in [2.45, 2.75) is 18.7 Å². The van der Waals surface area contributed by atoms with Crippen LogP contribution >= 0.6 is 0 Å². The first-order valence-corrected chi connectivity index (χ1v) is 9.78. The smallest absolute Gasteiger partial charge is 0.264 e. The van der Waals surface area contributed by atoms with Gasteiger partial charge in [0.2, 0.25) is 0 Å². The number of amides is 1. The normalized spacial score (nSPS) is 11.2. The zero-order valence-electron chi connectivity index (χ0n) is 15.2. The summed E-state index contributed by atoms with van der Waals surface area (Å²) in [7, 11) is -2.12. The summed E-state index contributed by atoms with van der Waals surface area (Å²) >= 11 is 0. The van der Waals surface area contributed by atoms with Gasteiger partial charge in [-0.2, -0.15) is 0 Å². The summed E-state index contributed by atoms with van der Waals surface area (Å²) < 4.78 is 31.8. The maximum absolute atomic E-state index is 12.6. The van der Waals surface area contributed by atoms with Crippen LogP contribution in [-0.2, 0) is 14.8 Å². The summed E-state index contributed by atoms with van der Waals surface area (Å²) in [6, 6.07) is 14.8. The summed E-state index contributed by atoms with van der Waals surface area (Å²) in [5, 5.41) is 2.77. The van der Waals surface area contributed by atoms with Crippen molar-refractivity contribution in [3.8, 4) is 5.75 Å². The third-order valence-electron chi connectivity index (χ3n) is 3.68. The lowest BCUT2D eigenvalue weighted by Gasteiger charge is -2.19.